The average molecular weight is 446 g/mol. The second-order valence-corrected chi connectivity index (χ2v) is 8.74. The Kier molecular flexibility index (Phi) is 8.03. The third-order valence-corrected chi connectivity index (χ3v) is 5.50. The minimum Gasteiger partial charge on any atom is -0.491 e. The van der Waals surface area contributed by atoms with Gasteiger partial charge in [-0.05, 0) is 63.2 Å². The van der Waals surface area contributed by atoms with E-state index in [2.05, 4.69) is 11.3 Å². The van der Waals surface area contributed by atoms with Crippen LogP contribution in [-0.2, 0) is 10.0 Å². The monoisotopic (exact) mass is 445 g/mol. The zero-order valence-corrected chi connectivity index (χ0v) is 18.6. The van der Waals surface area contributed by atoms with Crippen molar-refractivity contribution >= 4 is 33.1 Å². The zero-order chi connectivity index (χ0) is 22.3. The van der Waals surface area contributed by atoms with Gasteiger partial charge in [0.25, 0.3) is 10.0 Å². The standard InChI is InChI=1S/C23H24ClNO4S/c1-5-7-17(8-6-2)23(26)21-15-18(24)9-14-22(21)25-30(27,28)20-12-10-19(11-13-20)29-16(3)4/h5-16,25H,1H2,2-4H3/b8-6-,17-7+. The van der Waals surface area contributed by atoms with E-state index in [-0.39, 0.29) is 28.0 Å². The van der Waals surface area contributed by atoms with Crippen LogP contribution in [0.1, 0.15) is 31.1 Å². The second kappa shape index (κ2) is 10.3. The predicted octanol–water partition coefficient (Wildman–Crippen LogP) is 5.80. The number of anilines is 1. The maximum atomic E-state index is 13.0. The van der Waals surface area contributed by atoms with Crippen LogP contribution in [0.3, 0.4) is 0 Å². The summed E-state index contributed by atoms with van der Waals surface area (Å²) in [5.41, 5.74) is 0.619. The first-order valence-corrected chi connectivity index (χ1v) is 11.1. The van der Waals surface area contributed by atoms with Crippen LogP contribution >= 0.6 is 11.6 Å². The van der Waals surface area contributed by atoms with Gasteiger partial charge in [0.15, 0.2) is 5.78 Å². The molecule has 158 valence electrons. The van der Waals surface area contributed by atoms with E-state index in [0.29, 0.717) is 16.3 Å². The summed E-state index contributed by atoms with van der Waals surface area (Å²) in [4.78, 5) is 13.0. The summed E-state index contributed by atoms with van der Waals surface area (Å²) in [6.07, 6.45) is 6.35. The van der Waals surface area contributed by atoms with Crippen LogP contribution in [0, 0.1) is 0 Å². The second-order valence-electron chi connectivity index (χ2n) is 6.62. The maximum Gasteiger partial charge on any atom is 0.261 e. The van der Waals surface area contributed by atoms with Crippen molar-refractivity contribution in [2.75, 3.05) is 4.72 Å². The largest absolute Gasteiger partial charge is 0.491 e. The van der Waals surface area contributed by atoms with Crippen molar-refractivity contribution in [2.24, 2.45) is 0 Å². The molecule has 2 rings (SSSR count). The molecule has 0 aliphatic heterocycles. The van der Waals surface area contributed by atoms with E-state index in [4.69, 9.17) is 16.3 Å². The molecule has 0 atom stereocenters. The van der Waals surface area contributed by atoms with Gasteiger partial charge in [0.05, 0.1) is 16.7 Å². The van der Waals surface area contributed by atoms with Gasteiger partial charge in [-0.15, -0.1) is 0 Å². The van der Waals surface area contributed by atoms with E-state index in [1.165, 1.54) is 36.4 Å². The van der Waals surface area contributed by atoms with Crippen LogP contribution in [0.25, 0.3) is 0 Å². The molecule has 0 spiro atoms. The smallest absolute Gasteiger partial charge is 0.261 e. The van der Waals surface area contributed by atoms with Crippen molar-refractivity contribution in [3.8, 4) is 5.75 Å². The number of benzene rings is 2. The fourth-order valence-electron chi connectivity index (χ4n) is 2.64. The number of carbonyl (C=O) groups is 1. The highest BCUT2D eigenvalue weighted by Crippen LogP contribution is 2.27. The lowest BCUT2D eigenvalue weighted by atomic mass is 10.0. The Bertz CT molecular complexity index is 1080. The van der Waals surface area contributed by atoms with Crippen LogP contribution < -0.4 is 9.46 Å². The van der Waals surface area contributed by atoms with Crippen molar-refractivity contribution < 1.29 is 17.9 Å². The van der Waals surface area contributed by atoms with Gasteiger partial charge in [-0.25, -0.2) is 8.42 Å². The lowest BCUT2D eigenvalue weighted by molar-refractivity contribution is 0.103. The fraction of sp³-hybridized carbons (Fsp3) is 0.174. The van der Waals surface area contributed by atoms with Gasteiger partial charge in [-0.3, -0.25) is 9.52 Å². The minimum atomic E-state index is -3.94. The molecule has 0 aromatic heterocycles. The van der Waals surface area contributed by atoms with Crippen molar-refractivity contribution in [3.63, 3.8) is 0 Å². The molecule has 0 saturated heterocycles. The molecule has 5 nitrogen and oxygen atoms in total. The number of carbonyl (C=O) groups excluding carboxylic acids is 1. The van der Waals surface area contributed by atoms with Gasteiger partial charge >= 0.3 is 0 Å². The van der Waals surface area contributed by atoms with Crippen LogP contribution in [0.5, 0.6) is 5.75 Å². The molecule has 0 aliphatic carbocycles. The first kappa shape index (κ1) is 23.4. The normalized spacial score (nSPS) is 12.2. The van der Waals surface area contributed by atoms with Crippen LogP contribution in [0.2, 0.25) is 5.02 Å². The third kappa shape index (κ3) is 6.08. The van der Waals surface area contributed by atoms with Crippen molar-refractivity contribution in [1.82, 2.24) is 0 Å². The van der Waals surface area contributed by atoms with Gasteiger partial charge in [-0.1, -0.05) is 42.5 Å². The van der Waals surface area contributed by atoms with Crippen LogP contribution in [0.4, 0.5) is 5.69 Å². The molecule has 2 aromatic rings. The minimum absolute atomic E-state index is 0.0248. The molecule has 0 saturated carbocycles. The molecule has 30 heavy (non-hydrogen) atoms. The fourth-order valence-corrected chi connectivity index (χ4v) is 3.89. The molecule has 0 fully saturated rings. The topological polar surface area (TPSA) is 72.5 Å². The van der Waals surface area contributed by atoms with Crippen molar-refractivity contribution in [2.45, 2.75) is 31.8 Å². The number of nitrogens with one attached hydrogen (secondary N) is 1. The molecule has 0 amide bonds. The first-order valence-electron chi connectivity index (χ1n) is 9.27. The number of hydrogen-bond acceptors (Lipinski definition) is 4. The highest BCUT2D eigenvalue weighted by Gasteiger charge is 2.20. The average Bonchev–Trinajstić information content (AvgIpc) is 2.68. The molecule has 7 heteroatoms. The number of Topliss-reactive ketones (excluding diaryl/α,β-unsaturated/α-hetero) is 1. The van der Waals surface area contributed by atoms with E-state index in [9.17, 15) is 13.2 Å². The number of ether oxygens (including phenoxy) is 1. The lowest BCUT2D eigenvalue weighted by Gasteiger charge is -2.14. The number of ketones is 1. The Labute approximate surface area is 182 Å². The summed E-state index contributed by atoms with van der Waals surface area (Å²) in [7, 11) is -3.94. The van der Waals surface area contributed by atoms with Gasteiger partial charge in [0.2, 0.25) is 0 Å². The zero-order valence-electron chi connectivity index (χ0n) is 17.1. The number of rotatable bonds is 9. The highest BCUT2D eigenvalue weighted by molar-refractivity contribution is 7.92. The molecule has 1 N–H and O–H groups in total. The van der Waals surface area contributed by atoms with E-state index in [1.54, 1.807) is 37.3 Å². The summed E-state index contributed by atoms with van der Waals surface area (Å²) in [6, 6.07) is 10.5. The van der Waals surface area contributed by atoms with Crippen molar-refractivity contribution in [3.05, 3.63) is 89.5 Å². The third-order valence-electron chi connectivity index (χ3n) is 3.88. The molecule has 0 aliphatic rings. The Balaban J connectivity index is 2.41. The van der Waals surface area contributed by atoms with Crippen molar-refractivity contribution in [1.29, 1.82) is 0 Å². The number of sulfonamides is 1. The molecule has 0 radical (unpaired) electrons. The Hall–Kier alpha value is -2.83. The van der Waals surface area contributed by atoms with E-state index < -0.39 is 10.0 Å². The Morgan fingerprint density at radius 2 is 1.83 bits per heavy atom. The van der Waals surface area contributed by atoms with Crippen LogP contribution in [-0.4, -0.2) is 20.3 Å². The molecule has 0 unspecified atom stereocenters. The molecule has 0 heterocycles. The number of hydrogen-bond donors (Lipinski definition) is 1. The van der Waals surface area contributed by atoms with E-state index in [0.717, 1.165) is 0 Å². The molecule has 0 bridgehead atoms. The molecular formula is C23H24ClNO4S. The van der Waals surface area contributed by atoms with Crippen LogP contribution in [0.15, 0.2) is 83.8 Å². The van der Waals surface area contributed by atoms with Gasteiger partial charge in [-0.2, -0.15) is 0 Å². The lowest BCUT2D eigenvalue weighted by Crippen LogP contribution is -2.16. The number of halogens is 1. The van der Waals surface area contributed by atoms with Gasteiger partial charge in [0.1, 0.15) is 5.75 Å². The predicted molar refractivity (Wildman–Crippen MR) is 122 cm³/mol. The summed E-state index contributed by atoms with van der Waals surface area (Å²) in [5, 5.41) is 0.315. The molecule has 2 aromatic carbocycles. The first-order chi connectivity index (χ1) is 14.2. The quantitative estimate of drug-likeness (QED) is 0.301. The maximum absolute atomic E-state index is 13.0. The highest BCUT2D eigenvalue weighted by atomic mass is 35.5. The Morgan fingerprint density at radius 1 is 1.17 bits per heavy atom. The summed E-state index contributed by atoms with van der Waals surface area (Å²) in [5.74, 6) is 0.186. The SMILES string of the molecule is C=C/C=C(\C=C/C)C(=O)c1cc(Cl)ccc1NS(=O)(=O)c1ccc(OC(C)C)cc1. The summed E-state index contributed by atoms with van der Waals surface area (Å²) >= 11 is 6.07. The number of allylic oxidation sites excluding steroid dienone is 5. The molecular weight excluding hydrogens is 422 g/mol. The van der Waals surface area contributed by atoms with Gasteiger partial charge < -0.3 is 4.74 Å². The van der Waals surface area contributed by atoms with E-state index in [1.807, 2.05) is 13.8 Å². The Morgan fingerprint density at radius 3 is 2.40 bits per heavy atom. The summed E-state index contributed by atoms with van der Waals surface area (Å²) in [6.45, 7) is 9.15. The van der Waals surface area contributed by atoms with Gasteiger partial charge in [0, 0.05) is 16.2 Å². The van der Waals surface area contributed by atoms with E-state index >= 15 is 0 Å². The summed E-state index contributed by atoms with van der Waals surface area (Å²) < 4.78 is 33.8.